The highest BCUT2D eigenvalue weighted by Crippen LogP contribution is 2.23. The quantitative estimate of drug-likeness (QED) is 0.574. The molecule has 0 saturated heterocycles. The van der Waals surface area contributed by atoms with Crippen LogP contribution in [0.2, 0.25) is 0 Å². The predicted molar refractivity (Wildman–Crippen MR) is 132 cm³/mol. The monoisotopic (exact) mass is 473 g/mol. The van der Waals surface area contributed by atoms with Crippen molar-refractivity contribution in [1.82, 2.24) is 10.2 Å². The zero-order chi connectivity index (χ0) is 24.8. The Kier molecular flexibility index (Phi) is 9.05. The number of aryl methyl sites for hydroxylation is 2. The molecule has 0 aliphatic carbocycles. The SMILES string of the molecule is Cc1ccc(CN(C(=O)CN(c2ccccc2C)S(C)(=O)=O)C(C)C(=O)NCC(C)C)cc1. The van der Waals surface area contributed by atoms with Crippen LogP contribution in [0.1, 0.15) is 37.5 Å². The molecule has 0 heterocycles. The zero-order valence-corrected chi connectivity index (χ0v) is 21.1. The third kappa shape index (κ3) is 7.60. The summed E-state index contributed by atoms with van der Waals surface area (Å²) in [6.07, 6.45) is 1.08. The molecule has 0 fully saturated rings. The van der Waals surface area contributed by atoms with E-state index in [1.165, 1.54) is 4.90 Å². The van der Waals surface area contributed by atoms with Crippen molar-refractivity contribution < 1.29 is 18.0 Å². The summed E-state index contributed by atoms with van der Waals surface area (Å²) >= 11 is 0. The van der Waals surface area contributed by atoms with Crippen LogP contribution >= 0.6 is 0 Å². The van der Waals surface area contributed by atoms with Crippen LogP contribution in [-0.2, 0) is 26.2 Å². The fourth-order valence-corrected chi connectivity index (χ4v) is 4.27. The highest BCUT2D eigenvalue weighted by atomic mass is 32.2. The van der Waals surface area contributed by atoms with Gasteiger partial charge in [0.2, 0.25) is 21.8 Å². The van der Waals surface area contributed by atoms with Crippen molar-refractivity contribution in [3.05, 3.63) is 65.2 Å². The van der Waals surface area contributed by atoms with E-state index in [0.717, 1.165) is 27.3 Å². The molecule has 8 heteroatoms. The lowest BCUT2D eigenvalue weighted by molar-refractivity contribution is -0.139. The first-order valence-corrected chi connectivity index (χ1v) is 12.9. The summed E-state index contributed by atoms with van der Waals surface area (Å²) in [4.78, 5) is 27.7. The predicted octanol–water partition coefficient (Wildman–Crippen LogP) is 3.26. The average molecular weight is 474 g/mol. The van der Waals surface area contributed by atoms with Crippen LogP contribution in [0.5, 0.6) is 0 Å². The largest absolute Gasteiger partial charge is 0.354 e. The number of anilines is 1. The van der Waals surface area contributed by atoms with Crippen LogP contribution in [0.25, 0.3) is 0 Å². The van der Waals surface area contributed by atoms with Gasteiger partial charge in [0, 0.05) is 13.1 Å². The molecule has 1 N–H and O–H groups in total. The van der Waals surface area contributed by atoms with Crippen molar-refractivity contribution in [2.45, 2.75) is 47.2 Å². The molecule has 2 amide bonds. The van der Waals surface area contributed by atoms with E-state index in [1.807, 2.05) is 51.1 Å². The summed E-state index contributed by atoms with van der Waals surface area (Å²) in [7, 11) is -3.73. The maximum atomic E-state index is 13.5. The van der Waals surface area contributed by atoms with E-state index in [-0.39, 0.29) is 18.4 Å². The van der Waals surface area contributed by atoms with Crippen LogP contribution in [-0.4, -0.2) is 50.5 Å². The Morgan fingerprint density at radius 2 is 1.58 bits per heavy atom. The van der Waals surface area contributed by atoms with Crippen molar-refractivity contribution >= 4 is 27.5 Å². The fourth-order valence-electron chi connectivity index (χ4n) is 3.36. The van der Waals surface area contributed by atoms with Crippen LogP contribution < -0.4 is 9.62 Å². The molecule has 0 aromatic heterocycles. The summed E-state index contributed by atoms with van der Waals surface area (Å²) in [5.74, 6) is -0.452. The van der Waals surface area contributed by atoms with Gasteiger partial charge in [-0.15, -0.1) is 0 Å². The second-order valence-electron chi connectivity index (χ2n) is 8.88. The van der Waals surface area contributed by atoms with Gasteiger partial charge in [-0.3, -0.25) is 13.9 Å². The van der Waals surface area contributed by atoms with E-state index < -0.39 is 28.5 Å². The Hall–Kier alpha value is -2.87. The van der Waals surface area contributed by atoms with E-state index in [4.69, 9.17) is 0 Å². The van der Waals surface area contributed by atoms with Gasteiger partial charge in [0.15, 0.2) is 0 Å². The van der Waals surface area contributed by atoms with Gasteiger partial charge < -0.3 is 10.2 Å². The van der Waals surface area contributed by atoms with Gasteiger partial charge in [-0.2, -0.15) is 0 Å². The molecule has 0 aliphatic rings. The molecular formula is C25H35N3O4S. The van der Waals surface area contributed by atoms with E-state index in [2.05, 4.69) is 5.32 Å². The molecule has 1 unspecified atom stereocenters. The Balaban J connectivity index is 2.36. The van der Waals surface area contributed by atoms with E-state index >= 15 is 0 Å². The number of rotatable bonds is 10. The smallest absolute Gasteiger partial charge is 0.244 e. The molecule has 0 bridgehead atoms. The molecule has 2 aromatic rings. The van der Waals surface area contributed by atoms with E-state index in [0.29, 0.717) is 12.2 Å². The molecule has 0 aliphatic heterocycles. The van der Waals surface area contributed by atoms with Crippen LogP contribution in [0, 0.1) is 19.8 Å². The summed E-state index contributed by atoms with van der Waals surface area (Å²) in [6, 6.07) is 13.9. The Morgan fingerprint density at radius 3 is 2.12 bits per heavy atom. The minimum atomic E-state index is -3.73. The first-order chi connectivity index (χ1) is 15.4. The number of para-hydroxylation sites is 1. The molecule has 0 saturated carbocycles. The maximum Gasteiger partial charge on any atom is 0.244 e. The highest BCUT2D eigenvalue weighted by molar-refractivity contribution is 7.92. The number of benzene rings is 2. The normalized spacial score (nSPS) is 12.3. The molecule has 7 nitrogen and oxygen atoms in total. The first kappa shape index (κ1) is 26.4. The fraction of sp³-hybridized carbons (Fsp3) is 0.440. The van der Waals surface area contributed by atoms with Gasteiger partial charge in [-0.1, -0.05) is 61.9 Å². The standard InChI is InChI=1S/C25H35N3O4S/c1-18(2)15-26-25(30)21(5)27(16-22-13-11-19(3)12-14-22)24(29)17-28(33(6,31)32)23-10-8-7-9-20(23)4/h7-14,18,21H,15-17H2,1-6H3,(H,26,30). The number of hydrogen-bond donors (Lipinski definition) is 1. The Bertz CT molecular complexity index is 1070. The molecule has 2 aromatic carbocycles. The van der Waals surface area contributed by atoms with Crippen molar-refractivity contribution in [2.75, 3.05) is 23.7 Å². The second kappa shape index (κ2) is 11.3. The summed E-state index contributed by atoms with van der Waals surface area (Å²) in [5.41, 5.74) is 3.13. The molecule has 33 heavy (non-hydrogen) atoms. The van der Waals surface area contributed by atoms with Crippen molar-refractivity contribution in [3.8, 4) is 0 Å². The van der Waals surface area contributed by atoms with Crippen LogP contribution in [0.3, 0.4) is 0 Å². The van der Waals surface area contributed by atoms with Crippen LogP contribution in [0.15, 0.2) is 48.5 Å². The van der Waals surface area contributed by atoms with Crippen molar-refractivity contribution in [2.24, 2.45) is 5.92 Å². The minimum Gasteiger partial charge on any atom is -0.354 e. The van der Waals surface area contributed by atoms with Gasteiger partial charge in [0.25, 0.3) is 0 Å². The van der Waals surface area contributed by atoms with Gasteiger partial charge >= 0.3 is 0 Å². The molecule has 0 radical (unpaired) electrons. The number of amides is 2. The topological polar surface area (TPSA) is 86.8 Å². The third-order valence-corrected chi connectivity index (χ3v) is 6.52. The molecule has 2 rings (SSSR count). The summed E-state index contributed by atoms with van der Waals surface area (Å²) < 4.78 is 26.3. The van der Waals surface area contributed by atoms with Crippen molar-refractivity contribution in [1.29, 1.82) is 0 Å². The lowest BCUT2D eigenvalue weighted by atomic mass is 10.1. The minimum absolute atomic E-state index is 0.195. The Labute approximate surface area is 197 Å². The average Bonchev–Trinajstić information content (AvgIpc) is 2.74. The van der Waals surface area contributed by atoms with E-state index in [1.54, 1.807) is 32.0 Å². The third-order valence-electron chi connectivity index (χ3n) is 5.39. The second-order valence-corrected chi connectivity index (χ2v) is 10.8. The highest BCUT2D eigenvalue weighted by Gasteiger charge is 2.30. The van der Waals surface area contributed by atoms with E-state index in [9.17, 15) is 18.0 Å². The number of sulfonamides is 1. The maximum absolute atomic E-state index is 13.5. The number of carbonyl (C=O) groups excluding carboxylic acids is 2. The van der Waals surface area contributed by atoms with Crippen LogP contribution in [0.4, 0.5) is 5.69 Å². The molecular weight excluding hydrogens is 438 g/mol. The number of nitrogens with one attached hydrogen (secondary N) is 1. The molecule has 0 spiro atoms. The number of carbonyl (C=O) groups is 2. The summed E-state index contributed by atoms with van der Waals surface area (Å²) in [5, 5.41) is 2.87. The van der Waals surface area contributed by atoms with Gasteiger partial charge in [-0.05, 0) is 43.9 Å². The zero-order valence-electron chi connectivity index (χ0n) is 20.3. The van der Waals surface area contributed by atoms with Gasteiger partial charge in [-0.25, -0.2) is 8.42 Å². The van der Waals surface area contributed by atoms with Crippen molar-refractivity contribution in [3.63, 3.8) is 0 Å². The van der Waals surface area contributed by atoms with Gasteiger partial charge in [0.1, 0.15) is 12.6 Å². The lowest BCUT2D eigenvalue weighted by Crippen LogP contribution is -2.51. The summed E-state index contributed by atoms with van der Waals surface area (Å²) in [6.45, 7) is 9.72. The molecule has 1 atom stereocenters. The number of hydrogen-bond acceptors (Lipinski definition) is 4. The first-order valence-electron chi connectivity index (χ1n) is 11.1. The van der Waals surface area contributed by atoms with Gasteiger partial charge in [0.05, 0.1) is 11.9 Å². The lowest BCUT2D eigenvalue weighted by Gasteiger charge is -2.32. The molecule has 180 valence electrons. The number of nitrogens with zero attached hydrogens (tertiary/aromatic N) is 2. The Morgan fingerprint density at radius 1 is 0.970 bits per heavy atom.